The highest BCUT2D eigenvalue weighted by Crippen LogP contribution is 2.30. The number of hydrogen-bond donors (Lipinski definition) is 1. The molecule has 0 aromatic carbocycles. The summed E-state index contributed by atoms with van der Waals surface area (Å²) in [6, 6.07) is 0. The Hall–Kier alpha value is -0.0800. The van der Waals surface area contributed by atoms with E-state index in [1.807, 2.05) is 0 Å². The molecule has 1 aliphatic heterocycles. The highest BCUT2D eigenvalue weighted by atomic mass is 15.1. The van der Waals surface area contributed by atoms with Crippen molar-refractivity contribution < 1.29 is 0 Å². The predicted molar refractivity (Wildman–Crippen MR) is 65.0 cm³/mol. The molecule has 0 aromatic heterocycles. The van der Waals surface area contributed by atoms with Gasteiger partial charge in [0.2, 0.25) is 0 Å². The minimum absolute atomic E-state index is 0.566. The molecule has 0 spiro atoms. The van der Waals surface area contributed by atoms with E-state index in [-0.39, 0.29) is 0 Å². The second kappa shape index (κ2) is 4.84. The van der Waals surface area contributed by atoms with Gasteiger partial charge in [-0.15, -0.1) is 0 Å². The molecular weight excluding hydrogens is 184 g/mol. The summed E-state index contributed by atoms with van der Waals surface area (Å²) in [7, 11) is 2.24. The van der Waals surface area contributed by atoms with Gasteiger partial charge in [-0.2, -0.15) is 0 Å². The van der Waals surface area contributed by atoms with E-state index in [0.717, 1.165) is 5.92 Å². The van der Waals surface area contributed by atoms with Crippen LogP contribution in [0.15, 0.2) is 0 Å². The van der Waals surface area contributed by atoms with Gasteiger partial charge in [-0.25, -0.2) is 0 Å². The lowest BCUT2D eigenvalue weighted by Gasteiger charge is -2.38. The van der Waals surface area contributed by atoms with Gasteiger partial charge in [0.05, 0.1) is 0 Å². The van der Waals surface area contributed by atoms with Crippen molar-refractivity contribution in [2.75, 3.05) is 33.2 Å². The minimum Gasteiger partial charge on any atom is -0.316 e. The van der Waals surface area contributed by atoms with Gasteiger partial charge in [0, 0.05) is 6.54 Å². The van der Waals surface area contributed by atoms with Gasteiger partial charge in [-0.3, -0.25) is 0 Å². The van der Waals surface area contributed by atoms with Crippen LogP contribution in [0.2, 0.25) is 0 Å². The van der Waals surface area contributed by atoms with E-state index < -0.39 is 0 Å². The maximum atomic E-state index is 3.69. The largest absolute Gasteiger partial charge is 0.316 e. The highest BCUT2D eigenvalue weighted by Gasteiger charge is 2.28. The molecule has 2 aliphatic rings. The van der Waals surface area contributed by atoms with Crippen molar-refractivity contribution in [3.8, 4) is 0 Å². The third-order valence-corrected chi connectivity index (χ3v) is 4.40. The summed E-state index contributed by atoms with van der Waals surface area (Å²) in [6.07, 6.45) is 7.12. The van der Waals surface area contributed by atoms with Gasteiger partial charge in [-0.1, -0.05) is 13.3 Å². The van der Waals surface area contributed by atoms with Gasteiger partial charge >= 0.3 is 0 Å². The summed E-state index contributed by atoms with van der Waals surface area (Å²) in [6.45, 7) is 7.51. The molecule has 0 bridgehead atoms. The predicted octanol–water partition coefficient (Wildman–Crippen LogP) is 2.11. The zero-order valence-electron chi connectivity index (χ0n) is 10.4. The molecule has 2 rings (SSSR count). The normalized spacial score (nSPS) is 27.6. The lowest BCUT2D eigenvalue weighted by Crippen LogP contribution is -2.43. The van der Waals surface area contributed by atoms with Gasteiger partial charge in [0.25, 0.3) is 0 Å². The van der Waals surface area contributed by atoms with Crippen LogP contribution in [-0.2, 0) is 0 Å². The maximum absolute atomic E-state index is 3.69. The quantitative estimate of drug-likeness (QED) is 0.764. The van der Waals surface area contributed by atoms with E-state index in [9.17, 15) is 0 Å². The summed E-state index contributed by atoms with van der Waals surface area (Å²) < 4.78 is 0. The van der Waals surface area contributed by atoms with Crippen LogP contribution >= 0.6 is 0 Å². The molecule has 0 unspecified atom stereocenters. The van der Waals surface area contributed by atoms with Crippen LogP contribution in [0, 0.1) is 11.3 Å². The van der Waals surface area contributed by atoms with Crippen LogP contribution < -0.4 is 5.32 Å². The molecule has 2 heteroatoms. The van der Waals surface area contributed by atoms with Crippen molar-refractivity contribution in [1.82, 2.24) is 10.2 Å². The number of piperidine rings is 1. The molecule has 2 fully saturated rings. The van der Waals surface area contributed by atoms with Crippen LogP contribution in [0.4, 0.5) is 0 Å². The molecule has 1 saturated carbocycles. The molecule has 88 valence electrons. The lowest BCUT2D eigenvalue weighted by molar-refractivity contribution is 0.133. The molecule has 0 amide bonds. The van der Waals surface area contributed by atoms with Crippen molar-refractivity contribution in [3.63, 3.8) is 0 Å². The summed E-state index contributed by atoms with van der Waals surface area (Å²) in [5.41, 5.74) is 0.566. The minimum atomic E-state index is 0.566. The first-order valence-corrected chi connectivity index (χ1v) is 6.57. The second-order valence-corrected chi connectivity index (χ2v) is 6.04. The first-order valence-electron chi connectivity index (χ1n) is 6.57. The number of rotatable bonds is 4. The molecule has 0 atom stereocenters. The van der Waals surface area contributed by atoms with E-state index in [1.54, 1.807) is 0 Å². The van der Waals surface area contributed by atoms with Crippen LogP contribution in [0.3, 0.4) is 0 Å². The van der Waals surface area contributed by atoms with Crippen molar-refractivity contribution in [3.05, 3.63) is 0 Å². The molecule has 1 saturated heterocycles. The summed E-state index contributed by atoms with van der Waals surface area (Å²) in [4.78, 5) is 2.45. The fraction of sp³-hybridized carbons (Fsp3) is 1.00. The molecule has 2 nitrogen and oxygen atoms in total. The standard InChI is InChI=1S/C13H26N2/c1-13(6-8-15(2)9-7-13)11-14-10-12-4-3-5-12/h12,14H,3-11H2,1-2H3. The van der Waals surface area contributed by atoms with E-state index in [4.69, 9.17) is 0 Å². The molecule has 15 heavy (non-hydrogen) atoms. The van der Waals surface area contributed by atoms with Gasteiger partial charge in [-0.05, 0) is 63.7 Å². The first-order chi connectivity index (χ1) is 7.18. The third kappa shape index (κ3) is 3.18. The Balaban J connectivity index is 1.63. The fourth-order valence-corrected chi connectivity index (χ4v) is 2.61. The Morgan fingerprint density at radius 1 is 1.27 bits per heavy atom. The van der Waals surface area contributed by atoms with Crippen molar-refractivity contribution in [2.24, 2.45) is 11.3 Å². The molecule has 0 aromatic rings. The van der Waals surface area contributed by atoms with E-state index >= 15 is 0 Å². The molecule has 1 heterocycles. The zero-order chi connectivity index (χ0) is 10.7. The summed E-state index contributed by atoms with van der Waals surface area (Å²) >= 11 is 0. The van der Waals surface area contributed by atoms with Crippen LogP contribution in [0.25, 0.3) is 0 Å². The second-order valence-electron chi connectivity index (χ2n) is 6.04. The average Bonchev–Trinajstić information content (AvgIpc) is 2.15. The third-order valence-electron chi connectivity index (χ3n) is 4.40. The molecule has 1 aliphatic carbocycles. The number of likely N-dealkylation sites (tertiary alicyclic amines) is 1. The number of hydrogen-bond acceptors (Lipinski definition) is 2. The van der Waals surface area contributed by atoms with Crippen molar-refractivity contribution in [2.45, 2.75) is 39.0 Å². The Labute approximate surface area is 94.4 Å². The highest BCUT2D eigenvalue weighted by molar-refractivity contribution is 4.84. The smallest absolute Gasteiger partial charge is 0.000623 e. The van der Waals surface area contributed by atoms with Crippen molar-refractivity contribution >= 4 is 0 Å². The average molecular weight is 210 g/mol. The Bertz CT molecular complexity index is 191. The number of nitrogens with one attached hydrogen (secondary N) is 1. The Morgan fingerprint density at radius 3 is 2.47 bits per heavy atom. The summed E-state index contributed by atoms with van der Waals surface area (Å²) in [5, 5.41) is 3.69. The van der Waals surface area contributed by atoms with Gasteiger partial charge in [0.15, 0.2) is 0 Å². The number of nitrogens with zero attached hydrogens (tertiary/aromatic N) is 1. The first kappa shape index (κ1) is 11.4. The van der Waals surface area contributed by atoms with Gasteiger partial charge < -0.3 is 10.2 Å². The monoisotopic (exact) mass is 210 g/mol. The fourth-order valence-electron chi connectivity index (χ4n) is 2.61. The van der Waals surface area contributed by atoms with Crippen molar-refractivity contribution in [1.29, 1.82) is 0 Å². The Morgan fingerprint density at radius 2 is 1.93 bits per heavy atom. The SMILES string of the molecule is CN1CCC(C)(CNCC2CCC2)CC1. The topological polar surface area (TPSA) is 15.3 Å². The lowest BCUT2D eigenvalue weighted by atomic mass is 9.80. The van der Waals surface area contributed by atoms with Crippen LogP contribution in [-0.4, -0.2) is 38.1 Å². The summed E-state index contributed by atoms with van der Waals surface area (Å²) in [5.74, 6) is 1.000. The Kier molecular flexibility index (Phi) is 3.68. The molecule has 1 N–H and O–H groups in total. The van der Waals surface area contributed by atoms with E-state index in [1.165, 1.54) is 58.3 Å². The van der Waals surface area contributed by atoms with Crippen LogP contribution in [0.5, 0.6) is 0 Å². The van der Waals surface area contributed by atoms with E-state index in [2.05, 4.69) is 24.2 Å². The van der Waals surface area contributed by atoms with Crippen LogP contribution in [0.1, 0.15) is 39.0 Å². The van der Waals surface area contributed by atoms with Gasteiger partial charge in [0.1, 0.15) is 0 Å². The maximum Gasteiger partial charge on any atom is 0.000623 e. The molecule has 0 radical (unpaired) electrons. The van der Waals surface area contributed by atoms with E-state index in [0.29, 0.717) is 5.41 Å². The zero-order valence-corrected chi connectivity index (χ0v) is 10.4. The molecular formula is C13H26N2.